The summed E-state index contributed by atoms with van der Waals surface area (Å²) in [6.07, 6.45) is 3.44. The Labute approximate surface area is 118 Å². The molecule has 0 aliphatic rings. The first-order chi connectivity index (χ1) is 9.70. The van der Waals surface area contributed by atoms with Crippen LogP contribution in [0.25, 0.3) is 0 Å². The van der Waals surface area contributed by atoms with E-state index in [1.165, 1.54) is 6.07 Å². The molecule has 3 nitrogen and oxygen atoms in total. The molecule has 0 spiro atoms. The molecule has 106 valence electrons. The summed E-state index contributed by atoms with van der Waals surface area (Å²) in [7, 11) is 0. The highest BCUT2D eigenvalue weighted by Crippen LogP contribution is 2.22. The zero-order valence-corrected chi connectivity index (χ0v) is 11.8. The van der Waals surface area contributed by atoms with Gasteiger partial charge in [-0.3, -0.25) is 4.98 Å². The first kappa shape index (κ1) is 14.5. The Kier molecular flexibility index (Phi) is 5.07. The fourth-order valence-electron chi connectivity index (χ4n) is 2.02. The van der Waals surface area contributed by atoms with Crippen molar-refractivity contribution in [1.29, 1.82) is 0 Å². The van der Waals surface area contributed by atoms with Crippen LogP contribution in [0.4, 0.5) is 4.39 Å². The van der Waals surface area contributed by atoms with Crippen LogP contribution in [0.2, 0.25) is 0 Å². The lowest BCUT2D eigenvalue weighted by Gasteiger charge is -2.14. The van der Waals surface area contributed by atoms with Crippen LogP contribution in [-0.2, 0) is 6.61 Å². The van der Waals surface area contributed by atoms with Gasteiger partial charge < -0.3 is 10.1 Å². The highest BCUT2D eigenvalue weighted by atomic mass is 19.1. The van der Waals surface area contributed by atoms with E-state index in [2.05, 4.69) is 10.3 Å². The van der Waals surface area contributed by atoms with Crippen molar-refractivity contribution in [3.8, 4) is 5.75 Å². The molecule has 0 aliphatic heterocycles. The van der Waals surface area contributed by atoms with Gasteiger partial charge in [-0.2, -0.15) is 0 Å². The highest BCUT2D eigenvalue weighted by Gasteiger charge is 2.10. The normalized spacial score (nSPS) is 12.2. The molecule has 0 bridgehead atoms. The molecule has 0 fully saturated rings. The van der Waals surface area contributed by atoms with Crippen LogP contribution in [0.5, 0.6) is 5.75 Å². The monoisotopic (exact) mass is 274 g/mol. The van der Waals surface area contributed by atoms with Crippen LogP contribution < -0.4 is 10.1 Å². The third-order valence-electron chi connectivity index (χ3n) is 3.08. The molecular weight excluding hydrogens is 255 g/mol. The number of ether oxygens (including phenoxy) is 1. The number of aromatic nitrogens is 1. The number of pyridine rings is 1. The van der Waals surface area contributed by atoms with E-state index in [0.717, 1.165) is 12.1 Å². The van der Waals surface area contributed by atoms with Gasteiger partial charge >= 0.3 is 0 Å². The van der Waals surface area contributed by atoms with Crippen molar-refractivity contribution in [2.24, 2.45) is 0 Å². The number of hydrogen-bond donors (Lipinski definition) is 1. The van der Waals surface area contributed by atoms with Crippen LogP contribution in [0.1, 0.15) is 31.0 Å². The molecule has 20 heavy (non-hydrogen) atoms. The number of benzene rings is 1. The van der Waals surface area contributed by atoms with Crippen LogP contribution in [-0.4, -0.2) is 11.5 Å². The molecule has 1 aromatic carbocycles. The Morgan fingerprint density at radius 1 is 1.35 bits per heavy atom. The second-order valence-corrected chi connectivity index (χ2v) is 4.61. The van der Waals surface area contributed by atoms with E-state index in [1.54, 1.807) is 24.5 Å². The fourth-order valence-corrected chi connectivity index (χ4v) is 2.02. The van der Waals surface area contributed by atoms with E-state index in [-0.39, 0.29) is 11.9 Å². The van der Waals surface area contributed by atoms with Gasteiger partial charge in [0.2, 0.25) is 0 Å². The quantitative estimate of drug-likeness (QED) is 0.875. The summed E-state index contributed by atoms with van der Waals surface area (Å²) in [4.78, 5) is 4.01. The lowest BCUT2D eigenvalue weighted by molar-refractivity contribution is 0.303. The largest absolute Gasteiger partial charge is 0.489 e. The summed E-state index contributed by atoms with van der Waals surface area (Å²) >= 11 is 0. The Balaban J connectivity index is 2.02. The standard InChI is InChI=1S/C16H19FN2O/c1-3-19-12(2)15-7-6-14(9-16(15)17)20-11-13-5-4-8-18-10-13/h4-10,12,19H,3,11H2,1-2H3. The van der Waals surface area contributed by atoms with E-state index in [4.69, 9.17) is 4.74 Å². The molecule has 0 aliphatic carbocycles. The highest BCUT2D eigenvalue weighted by molar-refractivity contribution is 5.31. The predicted molar refractivity (Wildman–Crippen MR) is 77.1 cm³/mol. The fraction of sp³-hybridized carbons (Fsp3) is 0.312. The first-order valence-electron chi connectivity index (χ1n) is 6.75. The molecule has 1 unspecified atom stereocenters. The van der Waals surface area contributed by atoms with Crippen molar-refractivity contribution in [2.75, 3.05) is 6.54 Å². The molecule has 0 radical (unpaired) electrons. The number of halogens is 1. The van der Waals surface area contributed by atoms with Gasteiger partial charge in [0.1, 0.15) is 18.2 Å². The third-order valence-corrected chi connectivity index (χ3v) is 3.08. The second-order valence-electron chi connectivity index (χ2n) is 4.61. The Hall–Kier alpha value is -1.94. The van der Waals surface area contributed by atoms with E-state index in [1.807, 2.05) is 26.0 Å². The zero-order valence-electron chi connectivity index (χ0n) is 11.8. The molecule has 1 aromatic heterocycles. The first-order valence-corrected chi connectivity index (χ1v) is 6.75. The van der Waals surface area contributed by atoms with Gasteiger partial charge in [0, 0.05) is 35.6 Å². The summed E-state index contributed by atoms with van der Waals surface area (Å²) in [5.74, 6) is 0.279. The zero-order chi connectivity index (χ0) is 14.4. The average molecular weight is 274 g/mol. The van der Waals surface area contributed by atoms with Crippen LogP contribution >= 0.6 is 0 Å². The van der Waals surface area contributed by atoms with E-state index in [9.17, 15) is 4.39 Å². The third kappa shape index (κ3) is 3.78. The van der Waals surface area contributed by atoms with Gasteiger partial charge in [0.15, 0.2) is 0 Å². The maximum Gasteiger partial charge on any atom is 0.131 e. The second kappa shape index (κ2) is 7.01. The number of nitrogens with one attached hydrogen (secondary N) is 1. The maximum absolute atomic E-state index is 14.0. The smallest absolute Gasteiger partial charge is 0.131 e. The minimum atomic E-state index is -0.248. The summed E-state index contributed by atoms with van der Waals surface area (Å²) in [5.41, 5.74) is 1.61. The molecule has 2 aromatic rings. The molecule has 0 saturated heterocycles. The molecule has 1 atom stereocenters. The minimum Gasteiger partial charge on any atom is -0.489 e. The van der Waals surface area contributed by atoms with Gasteiger partial charge in [0.05, 0.1) is 0 Å². The Morgan fingerprint density at radius 3 is 2.85 bits per heavy atom. The van der Waals surface area contributed by atoms with Crippen molar-refractivity contribution in [1.82, 2.24) is 10.3 Å². The Bertz CT molecular complexity index is 545. The van der Waals surface area contributed by atoms with Crippen molar-refractivity contribution in [3.63, 3.8) is 0 Å². The maximum atomic E-state index is 14.0. The van der Waals surface area contributed by atoms with Crippen LogP contribution in [0, 0.1) is 5.82 Å². The van der Waals surface area contributed by atoms with Crippen LogP contribution in [0.3, 0.4) is 0 Å². The van der Waals surface area contributed by atoms with E-state index in [0.29, 0.717) is 17.9 Å². The molecule has 1 N–H and O–H groups in total. The number of hydrogen-bond acceptors (Lipinski definition) is 3. The lowest BCUT2D eigenvalue weighted by Crippen LogP contribution is -2.18. The lowest BCUT2D eigenvalue weighted by atomic mass is 10.1. The molecule has 0 saturated carbocycles. The summed E-state index contributed by atoms with van der Waals surface area (Å²) in [6, 6.07) is 8.75. The molecule has 1 heterocycles. The summed E-state index contributed by atoms with van der Waals surface area (Å²) < 4.78 is 19.6. The number of rotatable bonds is 6. The summed E-state index contributed by atoms with van der Waals surface area (Å²) in [5, 5.41) is 3.19. The Morgan fingerprint density at radius 2 is 2.20 bits per heavy atom. The van der Waals surface area contributed by atoms with Gasteiger partial charge in [-0.05, 0) is 25.6 Å². The summed E-state index contributed by atoms with van der Waals surface area (Å²) in [6.45, 7) is 5.13. The van der Waals surface area contributed by atoms with Crippen molar-refractivity contribution in [2.45, 2.75) is 26.5 Å². The number of nitrogens with zero attached hydrogens (tertiary/aromatic N) is 1. The molecule has 4 heteroatoms. The molecular formula is C16H19FN2O. The van der Waals surface area contributed by atoms with Gasteiger partial charge in [-0.15, -0.1) is 0 Å². The molecule has 0 amide bonds. The topological polar surface area (TPSA) is 34.1 Å². The average Bonchev–Trinajstić information content (AvgIpc) is 2.46. The molecule has 2 rings (SSSR count). The van der Waals surface area contributed by atoms with E-state index >= 15 is 0 Å². The SMILES string of the molecule is CCNC(C)c1ccc(OCc2cccnc2)cc1F. The van der Waals surface area contributed by atoms with Gasteiger partial charge in [-0.1, -0.05) is 19.1 Å². The van der Waals surface area contributed by atoms with Crippen molar-refractivity contribution < 1.29 is 9.13 Å². The van der Waals surface area contributed by atoms with Crippen molar-refractivity contribution in [3.05, 3.63) is 59.7 Å². The van der Waals surface area contributed by atoms with Gasteiger partial charge in [0.25, 0.3) is 0 Å². The predicted octanol–water partition coefficient (Wildman–Crippen LogP) is 3.47. The van der Waals surface area contributed by atoms with Crippen molar-refractivity contribution >= 4 is 0 Å². The van der Waals surface area contributed by atoms with E-state index < -0.39 is 0 Å². The minimum absolute atomic E-state index is 0.00706. The van der Waals surface area contributed by atoms with Crippen LogP contribution in [0.15, 0.2) is 42.7 Å². The van der Waals surface area contributed by atoms with Gasteiger partial charge in [-0.25, -0.2) is 4.39 Å².